The number of nitrogens with two attached hydrogens (primary N) is 1. The van der Waals surface area contributed by atoms with Crippen LogP contribution in [-0.2, 0) is 16.1 Å². The Hall–Kier alpha value is -0.660. The highest BCUT2D eigenvalue weighted by Gasteiger charge is 2.24. The summed E-state index contributed by atoms with van der Waals surface area (Å²) >= 11 is 2.28. The zero-order valence-corrected chi connectivity index (χ0v) is 11.6. The highest BCUT2D eigenvalue weighted by molar-refractivity contribution is 14.1. The molecule has 0 saturated carbocycles. The largest absolute Gasteiger partial charge is 0.367 e. The first-order valence-electron chi connectivity index (χ1n) is 5.53. The Bertz CT molecular complexity index is 394. The minimum absolute atomic E-state index is 0.377. The van der Waals surface area contributed by atoms with Gasteiger partial charge in [0.25, 0.3) is 0 Å². The van der Waals surface area contributed by atoms with Gasteiger partial charge < -0.3 is 10.5 Å². The second kappa shape index (κ2) is 5.79. The van der Waals surface area contributed by atoms with Crippen molar-refractivity contribution in [3.63, 3.8) is 0 Å². The van der Waals surface area contributed by atoms with Crippen molar-refractivity contribution >= 4 is 28.5 Å². The lowest BCUT2D eigenvalue weighted by molar-refractivity contribution is -0.135. The first kappa shape index (κ1) is 12.8. The van der Waals surface area contributed by atoms with Gasteiger partial charge in [-0.05, 0) is 40.3 Å². The Labute approximate surface area is 114 Å². The number of morpholine rings is 1. The van der Waals surface area contributed by atoms with E-state index in [-0.39, 0.29) is 5.91 Å². The first-order valence-corrected chi connectivity index (χ1v) is 6.61. The summed E-state index contributed by atoms with van der Waals surface area (Å²) < 4.78 is 6.53. The average molecular weight is 346 g/mol. The summed E-state index contributed by atoms with van der Waals surface area (Å²) in [5.74, 6) is -0.377. The van der Waals surface area contributed by atoms with Gasteiger partial charge in [0, 0.05) is 23.2 Å². The number of carbonyl (C=O) groups excluding carboxylic acids is 1. The molecule has 5 heteroatoms. The van der Waals surface area contributed by atoms with Gasteiger partial charge in [-0.2, -0.15) is 0 Å². The van der Waals surface area contributed by atoms with Gasteiger partial charge in [0.15, 0.2) is 0 Å². The molecule has 0 unspecified atom stereocenters. The molecule has 0 aliphatic carbocycles. The molecule has 1 aliphatic heterocycles. The van der Waals surface area contributed by atoms with Gasteiger partial charge in [-0.3, -0.25) is 9.69 Å². The predicted molar refractivity (Wildman–Crippen MR) is 73.4 cm³/mol. The van der Waals surface area contributed by atoms with E-state index in [0.717, 1.165) is 13.1 Å². The molecular formula is C12H15IN2O2. The molecule has 17 heavy (non-hydrogen) atoms. The van der Waals surface area contributed by atoms with Crippen molar-refractivity contribution in [1.82, 2.24) is 4.90 Å². The second-order valence-corrected chi connectivity index (χ2v) is 5.37. The highest BCUT2D eigenvalue weighted by atomic mass is 127. The summed E-state index contributed by atoms with van der Waals surface area (Å²) in [6.45, 7) is 2.83. The molecule has 92 valence electrons. The van der Waals surface area contributed by atoms with E-state index in [2.05, 4.69) is 51.8 Å². The summed E-state index contributed by atoms with van der Waals surface area (Å²) in [5, 5.41) is 0. The van der Waals surface area contributed by atoms with E-state index in [0.29, 0.717) is 13.2 Å². The predicted octanol–water partition coefficient (Wildman–Crippen LogP) is 0.977. The molecule has 1 aliphatic rings. The van der Waals surface area contributed by atoms with Crippen LogP contribution in [0.2, 0.25) is 0 Å². The van der Waals surface area contributed by atoms with Gasteiger partial charge in [-0.15, -0.1) is 0 Å². The maximum Gasteiger partial charge on any atom is 0.247 e. The lowest BCUT2D eigenvalue weighted by Crippen LogP contribution is -2.47. The van der Waals surface area contributed by atoms with Crippen LogP contribution in [0.5, 0.6) is 0 Å². The number of ether oxygens (including phenoxy) is 1. The summed E-state index contributed by atoms with van der Waals surface area (Å²) in [7, 11) is 0. The number of benzene rings is 1. The summed E-state index contributed by atoms with van der Waals surface area (Å²) in [6, 6.07) is 8.39. The van der Waals surface area contributed by atoms with Crippen molar-refractivity contribution in [1.29, 1.82) is 0 Å². The average Bonchev–Trinajstić information content (AvgIpc) is 2.32. The summed E-state index contributed by atoms with van der Waals surface area (Å²) in [6.07, 6.45) is -0.465. The van der Waals surface area contributed by atoms with Crippen LogP contribution in [0.25, 0.3) is 0 Å². The molecule has 1 heterocycles. The van der Waals surface area contributed by atoms with Gasteiger partial charge >= 0.3 is 0 Å². The van der Waals surface area contributed by atoms with E-state index in [1.54, 1.807) is 0 Å². The molecule has 2 N–H and O–H groups in total. The number of rotatable bonds is 3. The van der Waals surface area contributed by atoms with Crippen LogP contribution in [0.15, 0.2) is 24.3 Å². The molecule has 0 aromatic heterocycles. The Morgan fingerprint density at radius 2 is 2.18 bits per heavy atom. The Kier molecular flexibility index (Phi) is 4.36. The first-order chi connectivity index (χ1) is 8.15. The zero-order valence-electron chi connectivity index (χ0n) is 9.43. The minimum Gasteiger partial charge on any atom is -0.367 e. The fraction of sp³-hybridized carbons (Fsp3) is 0.417. The molecule has 1 aromatic carbocycles. The van der Waals surface area contributed by atoms with Crippen LogP contribution in [0.1, 0.15) is 5.56 Å². The molecular weight excluding hydrogens is 331 g/mol. The number of carbonyl (C=O) groups is 1. The number of nitrogens with zero attached hydrogens (tertiary/aromatic N) is 1. The lowest BCUT2D eigenvalue weighted by atomic mass is 10.2. The molecule has 1 aromatic rings. The fourth-order valence-electron chi connectivity index (χ4n) is 1.87. The minimum atomic E-state index is -0.465. The van der Waals surface area contributed by atoms with E-state index < -0.39 is 6.10 Å². The van der Waals surface area contributed by atoms with E-state index in [1.807, 2.05) is 0 Å². The maximum absolute atomic E-state index is 11.1. The van der Waals surface area contributed by atoms with Crippen LogP contribution in [0, 0.1) is 3.57 Å². The molecule has 1 amide bonds. The van der Waals surface area contributed by atoms with Crippen molar-refractivity contribution in [3.05, 3.63) is 33.4 Å². The number of hydrogen-bond donors (Lipinski definition) is 1. The normalized spacial score (nSPS) is 21.4. The number of hydrogen-bond acceptors (Lipinski definition) is 3. The monoisotopic (exact) mass is 346 g/mol. The summed E-state index contributed by atoms with van der Waals surface area (Å²) in [5.41, 5.74) is 6.50. The van der Waals surface area contributed by atoms with E-state index in [9.17, 15) is 4.79 Å². The molecule has 2 rings (SSSR count). The molecule has 1 atom stereocenters. The van der Waals surface area contributed by atoms with Crippen LogP contribution >= 0.6 is 22.6 Å². The number of primary amides is 1. The van der Waals surface area contributed by atoms with Crippen LogP contribution in [0.3, 0.4) is 0 Å². The van der Waals surface area contributed by atoms with Gasteiger partial charge in [0.05, 0.1) is 6.61 Å². The molecule has 0 bridgehead atoms. The van der Waals surface area contributed by atoms with Crippen molar-refractivity contribution in [3.8, 4) is 0 Å². The third kappa shape index (κ3) is 3.65. The van der Waals surface area contributed by atoms with E-state index >= 15 is 0 Å². The fourth-order valence-corrected chi connectivity index (χ4v) is 2.23. The van der Waals surface area contributed by atoms with Crippen molar-refractivity contribution in [2.45, 2.75) is 12.6 Å². The third-order valence-corrected chi connectivity index (χ3v) is 3.51. The Morgan fingerprint density at radius 1 is 1.47 bits per heavy atom. The Morgan fingerprint density at radius 3 is 2.82 bits per heavy atom. The SMILES string of the molecule is NC(=O)[C@H]1CN(Cc2ccc(I)cc2)CCO1. The second-order valence-electron chi connectivity index (χ2n) is 4.12. The molecule has 0 spiro atoms. The van der Waals surface area contributed by atoms with Gasteiger partial charge in [0.2, 0.25) is 5.91 Å². The van der Waals surface area contributed by atoms with Crippen LogP contribution < -0.4 is 5.73 Å². The molecule has 1 saturated heterocycles. The lowest BCUT2D eigenvalue weighted by Gasteiger charge is -2.31. The van der Waals surface area contributed by atoms with Crippen molar-refractivity contribution in [2.75, 3.05) is 19.7 Å². The molecule has 4 nitrogen and oxygen atoms in total. The van der Waals surface area contributed by atoms with Crippen molar-refractivity contribution < 1.29 is 9.53 Å². The standard InChI is InChI=1S/C12H15IN2O2/c13-10-3-1-9(2-4-10)7-15-5-6-17-11(8-15)12(14)16/h1-4,11H,5-8H2,(H2,14,16)/t11-/m1/s1. The highest BCUT2D eigenvalue weighted by Crippen LogP contribution is 2.12. The van der Waals surface area contributed by atoms with Gasteiger partial charge in [-0.1, -0.05) is 12.1 Å². The topological polar surface area (TPSA) is 55.6 Å². The van der Waals surface area contributed by atoms with E-state index in [4.69, 9.17) is 10.5 Å². The number of halogens is 1. The Balaban J connectivity index is 1.94. The van der Waals surface area contributed by atoms with Crippen LogP contribution in [-0.4, -0.2) is 36.6 Å². The molecule has 1 fully saturated rings. The zero-order chi connectivity index (χ0) is 12.3. The van der Waals surface area contributed by atoms with E-state index in [1.165, 1.54) is 9.13 Å². The third-order valence-electron chi connectivity index (χ3n) is 2.79. The molecule has 0 radical (unpaired) electrons. The van der Waals surface area contributed by atoms with Gasteiger partial charge in [-0.25, -0.2) is 0 Å². The summed E-state index contributed by atoms with van der Waals surface area (Å²) in [4.78, 5) is 13.3. The van der Waals surface area contributed by atoms with Crippen LogP contribution in [0.4, 0.5) is 0 Å². The van der Waals surface area contributed by atoms with Crippen molar-refractivity contribution in [2.24, 2.45) is 5.73 Å². The quantitative estimate of drug-likeness (QED) is 0.831. The smallest absolute Gasteiger partial charge is 0.247 e. The van der Waals surface area contributed by atoms with Gasteiger partial charge in [0.1, 0.15) is 6.10 Å². The number of amides is 1. The maximum atomic E-state index is 11.1.